The predicted octanol–water partition coefficient (Wildman–Crippen LogP) is 2.46. The highest BCUT2D eigenvalue weighted by molar-refractivity contribution is 6.12. The van der Waals surface area contributed by atoms with E-state index in [-0.39, 0.29) is 5.91 Å². The third-order valence-electron chi connectivity index (χ3n) is 2.99. The molecule has 98 valence electrons. The van der Waals surface area contributed by atoms with Gasteiger partial charge in [-0.15, -0.1) is 0 Å². The van der Waals surface area contributed by atoms with Crippen molar-refractivity contribution in [2.75, 3.05) is 11.1 Å². The Morgan fingerprint density at radius 1 is 1.00 bits per heavy atom. The first-order chi connectivity index (χ1) is 9.75. The number of nitrogens with zero attached hydrogens (tertiary/aromatic N) is 2. The quantitative estimate of drug-likeness (QED) is 0.697. The van der Waals surface area contributed by atoms with Crippen molar-refractivity contribution < 1.29 is 4.79 Å². The summed E-state index contributed by atoms with van der Waals surface area (Å²) in [7, 11) is 0. The van der Waals surface area contributed by atoms with Crippen LogP contribution in [0.4, 0.5) is 11.4 Å². The lowest BCUT2D eigenvalue weighted by Gasteiger charge is -2.08. The van der Waals surface area contributed by atoms with Crippen LogP contribution < -0.4 is 11.1 Å². The molecular weight excluding hydrogens is 252 g/mol. The monoisotopic (exact) mass is 264 g/mol. The molecule has 0 atom stereocenters. The summed E-state index contributed by atoms with van der Waals surface area (Å²) in [5.41, 5.74) is 7.56. The van der Waals surface area contributed by atoms with E-state index in [0.717, 1.165) is 10.8 Å². The molecule has 3 rings (SSSR count). The van der Waals surface area contributed by atoms with Gasteiger partial charge < -0.3 is 11.1 Å². The van der Waals surface area contributed by atoms with Gasteiger partial charge >= 0.3 is 0 Å². The molecule has 2 aromatic heterocycles. The number of hydrogen-bond acceptors (Lipinski definition) is 4. The van der Waals surface area contributed by atoms with Gasteiger partial charge in [0.15, 0.2) is 0 Å². The fourth-order valence-corrected chi connectivity index (χ4v) is 2.04. The Kier molecular flexibility index (Phi) is 3.01. The van der Waals surface area contributed by atoms with Gasteiger partial charge in [-0.1, -0.05) is 12.1 Å². The van der Waals surface area contributed by atoms with E-state index in [0.29, 0.717) is 17.1 Å². The van der Waals surface area contributed by atoms with Crippen molar-refractivity contribution in [3.8, 4) is 0 Å². The topological polar surface area (TPSA) is 80.9 Å². The Bertz CT molecular complexity index is 771. The fraction of sp³-hybridized carbons (Fsp3) is 0. The van der Waals surface area contributed by atoms with Crippen molar-refractivity contribution in [3.05, 3.63) is 60.7 Å². The number of rotatable bonds is 2. The Hall–Kier alpha value is -2.95. The molecule has 0 unspecified atom stereocenters. The zero-order chi connectivity index (χ0) is 13.9. The average Bonchev–Trinajstić information content (AvgIpc) is 2.48. The lowest BCUT2D eigenvalue weighted by molar-refractivity contribution is 0.102. The summed E-state index contributed by atoms with van der Waals surface area (Å²) in [6.07, 6.45) is 4.81. The third kappa shape index (κ3) is 2.16. The number of nitrogens with one attached hydrogen (secondary N) is 1. The van der Waals surface area contributed by atoms with Crippen molar-refractivity contribution in [2.24, 2.45) is 0 Å². The van der Waals surface area contributed by atoms with Gasteiger partial charge in [0, 0.05) is 40.7 Å². The molecule has 5 nitrogen and oxygen atoms in total. The first-order valence-electron chi connectivity index (χ1n) is 6.10. The summed E-state index contributed by atoms with van der Waals surface area (Å²) in [4.78, 5) is 20.4. The van der Waals surface area contributed by atoms with Gasteiger partial charge in [-0.3, -0.25) is 14.8 Å². The van der Waals surface area contributed by atoms with E-state index < -0.39 is 0 Å². The molecule has 3 aromatic rings. The second kappa shape index (κ2) is 4.97. The van der Waals surface area contributed by atoms with Gasteiger partial charge in [-0.25, -0.2) is 0 Å². The van der Waals surface area contributed by atoms with Crippen molar-refractivity contribution in [2.45, 2.75) is 0 Å². The van der Waals surface area contributed by atoms with Crippen LogP contribution in [0.25, 0.3) is 10.8 Å². The van der Waals surface area contributed by atoms with E-state index >= 15 is 0 Å². The van der Waals surface area contributed by atoms with E-state index in [1.54, 1.807) is 42.9 Å². The number of nitrogen functional groups attached to an aromatic ring is 1. The van der Waals surface area contributed by atoms with Crippen LogP contribution in [0.5, 0.6) is 0 Å². The predicted molar refractivity (Wildman–Crippen MR) is 78.3 cm³/mol. The summed E-state index contributed by atoms with van der Waals surface area (Å²) in [5, 5.41) is 4.34. The van der Waals surface area contributed by atoms with Crippen LogP contribution in [-0.4, -0.2) is 15.9 Å². The van der Waals surface area contributed by atoms with Crippen molar-refractivity contribution in [3.63, 3.8) is 0 Å². The van der Waals surface area contributed by atoms with E-state index in [1.807, 2.05) is 12.1 Å². The molecule has 0 bridgehead atoms. The normalized spacial score (nSPS) is 10.4. The maximum Gasteiger partial charge on any atom is 0.274 e. The standard InChI is InChI=1S/C15H12N4O/c16-13-3-1-2-12-11(13)6-9-18-14(12)15(20)19-10-4-7-17-8-5-10/h1-9H,16H2,(H,17,19,20). The van der Waals surface area contributed by atoms with E-state index in [9.17, 15) is 4.79 Å². The number of amides is 1. The summed E-state index contributed by atoms with van der Waals surface area (Å²) in [6, 6.07) is 10.7. The molecule has 0 saturated carbocycles. The number of nitrogens with two attached hydrogens (primary N) is 1. The molecule has 2 heterocycles. The fourth-order valence-electron chi connectivity index (χ4n) is 2.04. The highest BCUT2D eigenvalue weighted by atomic mass is 16.1. The highest BCUT2D eigenvalue weighted by Crippen LogP contribution is 2.23. The van der Waals surface area contributed by atoms with Gasteiger partial charge in [0.25, 0.3) is 5.91 Å². The summed E-state index contributed by atoms with van der Waals surface area (Å²) >= 11 is 0. The van der Waals surface area contributed by atoms with E-state index in [2.05, 4.69) is 15.3 Å². The van der Waals surface area contributed by atoms with Crippen LogP contribution in [0, 0.1) is 0 Å². The van der Waals surface area contributed by atoms with E-state index in [4.69, 9.17) is 5.73 Å². The molecule has 3 N–H and O–H groups in total. The average molecular weight is 264 g/mol. The highest BCUT2D eigenvalue weighted by Gasteiger charge is 2.12. The Labute approximate surface area is 115 Å². The van der Waals surface area contributed by atoms with Gasteiger partial charge in [-0.05, 0) is 24.3 Å². The Morgan fingerprint density at radius 2 is 1.80 bits per heavy atom. The van der Waals surface area contributed by atoms with Gasteiger partial charge in [0.1, 0.15) is 5.69 Å². The lowest BCUT2D eigenvalue weighted by atomic mass is 10.1. The van der Waals surface area contributed by atoms with E-state index in [1.165, 1.54) is 0 Å². The SMILES string of the molecule is Nc1cccc2c(C(=O)Nc3ccncc3)nccc12. The van der Waals surface area contributed by atoms with Gasteiger partial charge in [-0.2, -0.15) is 0 Å². The smallest absolute Gasteiger partial charge is 0.274 e. The molecule has 0 aliphatic carbocycles. The van der Waals surface area contributed by atoms with Crippen LogP contribution in [0.3, 0.4) is 0 Å². The number of carbonyl (C=O) groups excluding carboxylic acids is 1. The van der Waals surface area contributed by atoms with Crippen molar-refractivity contribution in [1.29, 1.82) is 0 Å². The Balaban J connectivity index is 2.02. The minimum atomic E-state index is -0.271. The number of hydrogen-bond donors (Lipinski definition) is 2. The second-order valence-electron chi connectivity index (χ2n) is 4.29. The minimum absolute atomic E-state index is 0.271. The summed E-state index contributed by atoms with van der Waals surface area (Å²) in [5.74, 6) is -0.271. The third-order valence-corrected chi connectivity index (χ3v) is 2.99. The molecule has 20 heavy (non-hydrogen) atoms. The number of anilines is 2. The summed E-state index contributed by atoms with van der Waals surface area (Å²) < 4.78 is 0. The first-order valence-corrected chi connectivity index (χ1v) is 6.10. The number of aromatic nitrogens is 2. The summed E-state index contributed by atoms with van der Waals surface area (Å²) in [6.45, 7) is 0. The van der Waals surface area contributed by atoms with Crippen LogP contribution in [0.1, 0.15) is 10.5 Å². The zero-order valence-corrected chi connectivity index (χ0v) is 10.6. The van der Waals surface area contributed by atoms with Crippen LogP contribution in [0.15, 0.2) is 55.0 Å². The number of fused-ring (bicyclic) bond motifs is 1. The second-order valence-corrected chi connectivity index (χ2v) is 4.29. The molecule has 0 radical (unpaired) electrons. The van der Waals surface area contributed by atoms with Crippen LogP contribution >= 0.6 is 0 Å². The van der Waals surface area contributed by atoms with Gasteiger partial charge in [0.05, 0.1) is 0 Å². The molecular formula is C15H12N4O. The lowest BCUT2D eigenvalue weighted by Crippen LogP contribution is -2.14. The Morgan fingerprint density at radius 3 is 2.60 bits per heavy atom. The number of benzene rings is 1. The van der Waals surface area contributed by atoms with Crippen LogP contribution in [0.2, 0.25) is 0 Å². The zero-order valence-electron chi connectivity index (χ0n) is 10.6. The number of pyridine rings is 2. The molecule has 5 heteroatoms. The first kappa shape index (κ1) is 12.1. The van der Waals surface area contributed by atoms with Crippen molar-refractivity contribution in [1.82, 2.24) is 9.97 Å². The largest absolute Gasteiger partial charge is 0.398 e. The maximum atomic E-state index is 12.3. The van der Waals surface area contributed by atoms with Gasteiger partial charge in [0.2, 0.25) is 0 Å². The molecule has 0 aliphatic rings. The molecule has 1 aromatic carbocycles. The van der Waals surface area contributed by atoms with Crippen LogP contribution in [-0.2, 0) is 0 Å². The molecule has 1 amide bonds. The molecule has 0 aliphatic heterocycles. The maximum absolute atomic E-state index is 12.3. The molecule has 0 saturated heterocycles. The minimum Gasteiger partial charge on any atom is -0.398 e. The number of carbonyl (C=O) groups is 1. The molecule has 0 spiro atoms. The molecule has 0 fully saturated rings. The van der Waals surface area contributed by atoms with Crippen molar-refractivity contribution >= 4 is 28.1 Å².